The largest absolute Gasteiger partial charge is 0.388 e. The summed E-state index contributed by atoms with van der Waals surface area (Å²) in [5.41, 5.74) is 0.421. The molecule has 0 spiro atoms. The highest BCUT2D eigenvalue weighted by Gasteiger charge is 2.26. The van der Waals surface area contributed by atoms with Crippen LogP contribution in [-0.2, 0) is 0 Å². The lowest BCUT2D eigenvalue weighted by molar-refractivity contribution is 0.0903. The molecule has 1 saturated heterocycles. The van der Waals surface area contributed by atoms with E-state index in [-0.39, 0.29) is 11.7 Å². The number of halogens is 1. The molecule has 112 valence electrons. The van der Waals surface area contributed by atoms with E-state index in [1.807, 2.05) is 6.92 Å². The molecule has 1 aromatic rings. The molecule has 2 nitrogen and oxygen atoms in total. The molecule has 0 saturated carbocycles. The molecule has 0 bridgehead atoms. The van der Waals surface area contributed by atoms with Crippen LogP contribution in [-0.4, -0.2) is 29.6 Å². The van der Waals surface area contributed by atoms with E-state index in [0.717, 1.165) is 25.6 Å². The van der Waals surface area contributed by atoms with Crippen LogP contribution in [0.2, 0.25) is 0 Å². The van der Waals surface area contributed by atoms with Crippen LogP contribution in [0.25, 0.3) is 0 Å². The van der Waals surface area contributed by atoms with E-state index in [9.17, 15) is 9.50 Å². The van der Waals surface area contributed by atoms with Crippen molar-refractivity contribution in [2.75, 3.05) is 19.6 Å². The lowest BCUT2D eigenvalue weighted by Crippen LogP contribution is -2.29. The molecule has 1 aromatic carbocycles. The molecule has 1 aliphatic heterocycles. The van der Waals surface area contributed by atoms with Crippen molar-refractivity contribution < 1.29 is 9.50 Å². The van der Waals surface area contributed by atoms with Crippen LogP contribution in [0, 0.1) is 17.7 Å². The van der Waals surface area contributed by atoms with Crippen LogP contribution in [0.15, 0.2) is 24.3 Å². The Morgan fingerprint density at radius 3 is 2.85 bits per heavy atom. The number of likely N-dealkylation sites (tertiary alicyclic amines) is 1. The average Bonchev–Trinajstić information content (AvgIpc) is 2.86. The van der Waals surface area contributed by atoms with Gasteiger partial charge in [-0.05, 0) is 37.3 Å². The van der Waals surface area contributed by atoms with Gasteiger partial charge in [-0.15, -0.1) is 0 Å². The van der Waals surface area contributed by atoms with E-state index in [0.29, 0.717) is 5.56 Å². The van der Waals surface area contributed by atoms with Gasteiger partial charge in [0, 0.05) is 18.7 Å². The van der Waals surface area contributed by atoms with Crippen molar-refractivity contribution in [1.82, 2.24) is 4.90 Å². The van der Waals surface area contributed by atoms with Gasteiger partial charge in [-0.25, -0.2) is 4.39 Å². The summed E-state index contributed by atoms with van der Waals surface area (Å²) < 4.78 is 13.7. The van der Waals surface area contributed by atoms with Crippen LogP contribution < -0.4 is 0 Å². The molecule has 0 radical (unpaired) electrons. The van der Waals surface area contributed by atoms with Crippen molar-refractivity contribution in [2.45, 2.75) is 39.2 Å². The van der Waals surface area contributed by atoms with Gasteiger partial charge in [0.15, 0.2) is 0 Å². The number of hydrogen-bond donors (Lipinski definition) is 1. The van der Waals surface area contributed by atoms with E-state index >= 15 is 0 Å². The Morgan fingerprint density at radius 2 is 2.15 bits per heavy atom. The maximum atomic E-state index is 13.7. The number of nitrogens with zero attached hydrogens (tertiary/aromatic N) is 1. The Kier molecular flexibility index (Phi) is 5.55. The van der Waals surface area contributed by atoms with Gasteiger partial charge in [-0.2, -0.15) is 0 Å². The molecule has 2 rings (SSSR count). The number of hydrogen-bond acceptors (Lipinski definition) is 2. The van der Waals surface area contributed by atoms with Crippen LogP contribution in [0.4, 0.5) is 4.39 Å². The molecule has 0 amide bonds. The maximum absolute atomic E-state index is 13.7. The molecule has 0 aliphatic carbocycles. The Bertz CT molecular complexity index is 423. The highest BCUT2D eigenvalue weighted by Crippen LogP contribution is 2.27. The van der Waals surface area contributed by atoms with Crippen molar-refractivity contribution in [1.29, 1.82) is 0 Å². The van der Waals surface area contributed by atoms with Crippen LogP contribution in [0.5, 0.6) is 0 Å². The predicted molar refractivity (Wildman–Crippen MR) is 80.0 cm³/mol. The van der Waals surface area contributed by atoms with E-state index in [1.54, 1.807) is 18.2 Å². The first kappa shape index (κ1) is 15.5. The lowest BCUT2D eigenvalue weighted by Gasteiger charge is -2.25. The monoisotopic (exact) mass is 279 g/mol. The van der Waals surface area contributed by atoms with Gasteiger partial charge in [-0.1, -0.05) is 38.5 Å². The topological polar surface area (TPSA) is 23.5 Å². The first-order valence-electron chi connectivity index (χ1n) is 7.76. The molecule has 0 aromatic heterocycles. The van der Waals surface area contributed by atoms with E-state index in [1.165, 1.54) is 25.3 Å². The first-order chi connectivity index (χ1) is 9.61. The quantitative estimate of drug-likeness (QED) is 0.859. The SMILES string of the molecule is CCCC1CCN(CC(C)C(O)c2ccccc2F)C1. The minimum atomic E-state index is -0.721. The van der Waals surface area contributed by atoms with Crippen LogP contribution >= 0.6 is 0 Å². The molecule has 3 heteroatoms. The number of aliphatic hydroxyl groups excluding tert-OH is 1. The number of aliphatic hydroxyl groups is 1. The highest BCUT2D eigenvalue weighted by molar-refractivity contribution is 5.20. The van der Waals surface area contributed by atoms with Gasteiger partial charge < -0.3 is 10.0 Å². The molecule has 3 atom stereocenters. The van der Waals surface area contributed by atoms with E-state index < -0.39 is 6.10 Å². The smallest absolute Gasteiger partial charge is 0.129 e. The molecule has 1 heterocycles. The fourth-order valence-corrected chi connectivity index (χ4v) is 3.25. The minimum Gasteiger partial charge on any atom is -0.388 e. The molecular formula is C17H26FNO. The molecule has 1 N–H and O–H groups in total. The van der Waals surface area contributed by atoms with Gasteiger partial charge in [-0.3, -0.25) is 0 Å². The fourth-order valence-electron chi connectivity index (χ4n) is 3.25. The third-order valence-electron chi connectivity index (χ3n) is 4.38. The number of benzene rings is 1. The third kappa shape index (κ3) is 3.80. The number of rotatable bonds is 6. The zero-order chi connectivity index (χ0) is 14.5. The predicted octanol–water partition coefficient (Wildman–Crippen LogP) is 3.62. The van der Waals surface area contributed by atoms with Crippen molar-refractivity contribution in [2.24, 2.45) is 11.8 Å². The summed E-state index contributed by atoms with van der Waals surface area (Å²) in [6.07, 6.45) is 3.07. The summed E-state index contributed by atoms with van der Waals surface area (Å²) in [5, 5.41) is 10.3. The maximum Gasteiger partial charge on any atom is 0.129 e. The molecule has 3 unspecified atom stereocenters. The van der Waals surface area contributed by atoms with Gasteiger partial charge in [0.05, 0.1) is 6.10 Å². The van der Waals surface area contributed by atoms with Gasteiger partial charge in [0.2, 0.25) is 0 Å². The Labute approximate surface area is 121 Å². The summed E-state index contributed by atoms with van der Waals surface area (Å²) in [6, 6.07) is 6.53. The summed E-state index contributed by atoms with van der Waals surface area (Å²) in [4.78, 5) is 2.41. The second-order valence-electron chi connectivity index (χ2n) is 6.15. The lowest BCUT2D eigenvalue weighted by atomic mass is 9.96. The molecule has 20 heavy (non-hydrogen) atoms. The van der Waals surface area contributed by atoms with E-state index in [4.69, 9.17) is 0 Å². The Morgan fingerprint density at radius 1 is 1.40 bits per heavy atom. The van der Waals surface area contributed by atoms with Crippen molar-refractivity contribution in [3.63, 3.8) is 0 Å². The zero-order valence-electron chi connectivity index (χ0n) is 12.6. The zero-order valence-corrected chi connectivity index (χ0v) is 12.6. The minimum absolute atomic E-state index is 0.0484. The second-order valence-corrected chi connectivity index (χ2v) is 6.15. The summed E-state index contributed by atoms with van der Waals surface area (Å²) >= 11 is 0. The van der Waals surface area contributed by atoms with Gasteiger partial charge >= 0.3 is 0 Å². The van der Waals surface area contributed by atoms with Crippen LogP contribution in [0.3, 0.4) is 0 Å². The van der Waals surface area contributed by atoms with Crippen molar-refractivity contribution >= 4 is 0 Å². The second kappa shape index (κ2) is 7.19. The van der Waals surface area contributed by atoms with E-state index in [2.05, 4.69) is 11.8 Å². The van der Waals surface area contributed by atoms with Gasteiger partial charge in [0.1, 0.15) is 5.82 Å². The Balaban J connectivity index is 1.89. The highest BCUT2D eigenvalue weighted by atomic mass is 19.1. The standard InChI is InChI=1S/C17H26FNO/c1-3-6-14-9-10-19(12-14)11-13(2)17(20)15-7-4-5-8-16(15)18/h4-5,7-8,13-14,17,20H,3,6,9-12H2,1-2H3. The Hall–Kier alpha value is -0.930. The summed E-state index contributed by atoms with van der Waals surface area (Å²) in [7, 11) is 0. The van der Waals surface area contributed by atoms with Crippen molar-refractivity contribution in [3.05, 3.63) is 35.6 Å². The van der Waals surface area contributed by atoms with Crippen molar-refractivity contribution in [3.8, 4) is 0 Å². The van der Waals surface area contributed by atoms with Gasteiger partial charge in [0.25, 0.3) is 0 Å². The normalized spacial score (nSPS) is 22.9. The molecule has 1 fully saturated rings. The average molecular weight is 279 g/mol. The van der Waals surface area contributed by atoms with Crippen LogP contribution in [0.1, 0.15) is 44.8 Å². The fraction of sp³-hybridized carbons (Fsp3) is 0.647. The first-order valence-corrected chi connectivity index (χ1v) is 7.76. The molecular weight excluding hydrogens is 253 g/mol. The third-order valence-corrected chi connectivity index (χ3v) is 4.38. The summed E-state index contributed by atoms with van der Waals surface area (Å²) in [5.74, 6) is 0.544. The molecule has 1 aliphatic rings. The summed E-state index contributed by atoms with van der Waals surface area (Å²) in [6.45, 7) is 7.31.